The highest BCUT2D eigenvalue weighted by Crippen LogP contribution is 2.25. The zero-order valence-corrected chi connectivity index (χ0v) is 12.3. The molecule has 0 aliphatic carbocycles. The van der Waals surface area contributed by atoms with Gasteiger partial charge in [-0.15, -0.1) is 0 Å². The first-order valence-corrected chi connectivity index (χ1v) is 7.33. The van der Waals surface area contributed by atoms with Crippen molar-refractivity contribution in [3.8, 4) is 0 Å². The molecule has 1 atom stereocenters. The van der Waals surface area contributed by atoms with E-state index in [1.165, 1.54) is 11.1 Å². The molecule has 1 unspecified atom stereocenters. The Bertz CT molecular complexity index is 446. The number of benzene rings is 1. The minimum atomic E-state index is 0.0443. The molecule has 1 aliphatic rings. The Kier molecular flexibility index (Phi) is 5.56. The van der Waals surface area contributed by atoms with Crippen molar-refractivity contribution in [2.45, 2.75) is 26.4 Å². The monoisotopic (exact) mass is 276 g/mol. The maximum atomic E-state index is 11.6. The molecular weight excluding hydrogens is 252 g/mol. The highest BCUT2D eigenvalue weighted by atomic mass is 16.5. The first-order chi connectivity index (χ1) is 9.66. The molecule has 2 N–H and O–H groups in total. The van der Waals surface area contributed by atoms with Gasteiger partial charge in [0.1, 0.15) is 0 Å². The van der Waals surface area contributed by atoms with Crippen LogP contribution in [0.5, 0.6) is 0 Å². The first-order valence-electron chi connectivity index (χ1n) is 7.33. The lowest BCUT2D eigenvalue weighted by atomic mass is 9.97. The van der Waals surface area contributed by atoms with E-state index in [1.54, 1.807) is 0 Å². The SMILES string of the molecule is CC(C)CNC(=O)CNCC1OCCc2ccccc21. The number of rotatable bonds is 6. The van der Waals surface area contributed by atoms with Crippen molar-refractivity contribution in [3.05, 3.63) is 35.4 Å². The number of carbonyl (C=O) groups excluding carboxylic acids is 1. The van der Waals surface area contributed by atoms with E-state index >= 15 is 0 Å². The van der Waals surface area contributed by atoms with Gasteiger partial charge in [-0.1, -0.05) is 38.1 Å². The van der Waals surface area contributed by atoms with E-state index in [4.69, 9.17) is 4.74 Å². The van der Waals surface area contributed by atoms with Gasteiger partial charge in [-0.3, -0.25) is 4.79 Å². The van der Waals surface area contributed by atoms with Crippen molar-refractivity contribution in [2.75, 3.05) is 26.2 Å². The largest absolute Gasteiger partial charge is 0.372 e. The molecule has 4 heteroatoms. The predicted molar refractivity (Wildman–Crippen MR) is 79.6 cm³/mol. The third-order valence-electron chi connectivity index (χ3n) is 3.42. The molecule has 110 valence electrons. The highest BCUT2D eigenvalue weighted by molar-refractivity contribution is 5.77. The van der Waals surface area contributed by atoms with Crippen LogP contribution in [0, 0.1) is 5.92 Å². The van der Waals surface area contributed by atoms with Crippen molar-refractivity contribution < 1.29 is 9.53 Å². The zero-order chi connectivity index (χ0) is 14.4. The van der Waals surface area contributed by atoms with Crippen LogP contribution in [0.15, 0.2) is 24.3 Å². The molecule has 0 bridgehead atoms. The molecule has 0 aromatic heterocycles. The van der Waals surface area contributed by atoms with Crippen LogP contribution in [0.25, 0.3) is 0 Å². The molecular formula is C16H24N2O2. The Hall–Kier alpha value is -1.39. The molecule has 1 heterocycles. The van der Waals surface area contributed by atoms with E-state index in [0.29, 0.717) is 19.0 Å². The normalized spacial score (nSPS) is 17.9. The molecule has 0 radical (unpaired) electrons. The maximum Gasteiger partial charge on any atom is 0.233 e. The zero-order valence-electron chi connectivity index (χ0n) is 12.3. The maximum absolute atomic E-state index is 11.6. The minimum absolute atomic E-state index is 0.0443. The van der Waals surface area contributed by atoms with Crippen LogP contribution in [-0.4, -0.2) is 32.1 Å². The first kappa shape index (κ1) is 15.0. The van der Waals surface area contributed by atoms with Crippen LogP contribution in [-0.2, 0) is 16.0 Å². The number of hydrogen-bond acceptors (Lipinski definition) is 3. The number of nitrogens with one attached hydrogen (secondary N) is 2. The number of amides is 1. The summed E-state index contributed by atoms with van der Waals surface area (Å²) in [6.07, 6.45) is 1.03. The summed E-state index contributed by atoms with van der Waals surface area (Å²) in [5.41, 5.74) is 2.60. The predicted octanol–water partition coefficient (Wildman–Crippen LogP) is 1.66. The summed E-state index contributed by atoms with van der Waals surface area (Å²) in [7, 11) is 0. The standard InChI is InChI=1S/C16H24N2O2/c1-12(2)9-18-16(19)11-17-10-15-14-6-4-3-5-13(14)7-8-20-15/h3-6,12,15,17H,7-11H2,1-2H3,(H,18,19). The lowest BCUT2D eigenvalue weighted by molar-refractivity contribution is -0.120. The smallest absolute Gasteiger partial charge is 0.233 e. The van der Waals surface area contributed by atoms with Crippen LogP contribution in [0.2, 0.25) is 0 Å². The van der Waals surface area contributed by atoms with Crippen molar-refractivity contribution in [1.29, 1.82) is 0 Å². The molecule has 1 aliphatic heterocycles. The summed E-state index contributed by atoms with van der Waals surface area (Å²) < 4.78 is 5.79. The van der Waals surface area contributed by atoms with Gasteiger partial charge in [-0.25, -0.2) is 0 Å². The molecule has 4 nitrogen and oxygen atoms in total. The van der Waals surface area contributed by atoms with E-state index in [-0.39, 0.29) is 12.0 Å². The van der Waals surface area contributed by atoms with Gasteiger partial charge >= 0.3 is 0 Å². The van der Waals surface area contributed by atoms with Crippen LogP contribution in [0.4, 0.5) is 0 Å². The van der Waals surface area contributed by atoms with Crippen molar-refractivity contribution in [3.63, 3.8) is 0 Å². The summed E-state index contributed by atoms with van der Waals surface area (Å²) in [6.45, 7) is 6.66. The van der Waals surface area contributed by atoms with E-state index in [0.717, 1.165) is 19.6 Å². The third kappa shape index (κ3) is 4.32. The molecule has 2 rings (SSSR count). The highest BCUT2D eigenvalue weighted by Gasteiger charge is 2.19. The Labute approximate surface area is 120 Å². The lowest BCUT2D eigenvalue weighted by Crippen LogP contribution is -2.38. The van der Waals surface area contributed by atoms with Gasteiger partial charge < -0.3 is 15.4 Å². The number of carbonyl (C=O) groups is 1. The average molecular weight is 276 g/mol. The van der Waals surface area contributed by atoms with Crippen LogP contribution in [0.3, 0.4) is 0 Å². The van der Waals surface area contributed by atoms with Gasteiger partial charge in [-0.05, 0) is 23.5 Å². The van der Waals surface area contributed by atoms with E-state index in [9.17, 15) is 4.79 Å². The van der Waals surface area contributed by atoms with Crippen molar-refractivity contribution in [1.82, 2.24) is 10.6 Å². The minimum Gasteiger partial charge on any atom is -0.372 e. The molecule has 0 saturated heterocycles. The second-order valence-corrected chi connectivity index (χ2v) is 5.64. The Morgan fingerprint density at radius 3 is 3.00 bits per heavy atom. The molecule has 1 amide bonds. The van der Waals surface area contributed by atoms with E-state index in [2.05, 4.69) is 42.7 Å². The molecule has 0 fully saturated rings. The van der Waals surface area contributed by atoms with Gasteiger partial charge in [-0.2, -0.15) is 0 Å². The van der Waals surface area contributed by atoms with Gasteiger partial charge in [0, 0.05) is 13.1 Å². The van der Waals surface area contributed by atoms with Gasteiger partial charge in [0.2, 0.25) is 5.91 Å². The fourth-order valence-corrected chi connectivity index (χ4v) is 2.34. The van der Waals surface area contributed by atoms with Crippen LogP contribution in [0.1, 0.15) is 31.1 Å². The van der Waals surface area contributed by atoms with Gasteiger partial charge in [0.05, 0.1) is 19.3 Å². The number of fused-ring (bicyclic) bond motifs is 1. The molecule has 20 heavy (non-hydrogen) atoms. The van der Waals surface area contributed by atoms with Gasteiger partial charge in [0.25, 0.3) is 0 Å². The summed E-state index contributed by atoms with van der Waals surface area (Å²) in [5.74, 6) is 0.523. The second-order valence-electron chi connectivity index (χ2n) is 5.64. The van der Waals surface area contributed by atoms with E-state index in [1.807, 2.05) is 6.07 Å². The molecule has 1 aromatic carbocycles. The Balaban J connectivity index is 1.77. The van der Waals surface area contributed by atoms with Crippen LogP contribution >= 0.6 is 0 Å². The second kappa shape index (κ2) is 7.41. The van der Waals surface area contributed by atoms with Crippen molar-refractivity contribution >= 4 is 5.91 Å². The fraction of sp³-hybridized carbons (Fsp3) is 0.562. The average Bonchev–Trinajstić information content (AvgIpc) is 2.45. The molecule has 0 spiro atoms. The third-order valence-corrected chi connectivity index (χ3v) is 3.42. The fourth-order valence-electron chi connectivity index (χ4n) is 2.34. The summed E-state index contributed by atoms with van der Waals surface area (Å²) >= 11 is 0. The van der Waals surface area contributed by atoms with E-state index < -0.39 is 0 Å². The lowest BCUT2D eigenvalue weighted by Gasteiger charge is -2.26. The topological polar surface area (TPSA) is 50.4 Å². The number of ether oxygens (including phenoxy) is 1. The molecule has 1 aromatic rings. The van der Waals surface area contributed by atoms with Crippen LogP contribution < -0.4 is 10.6 Å². The summed E-state index contributed by atoms with van der Waals surface area (Å²) in [4.78, 5) is 11.6. The quantitative estimate of drug-likeness (QED) is 0.831. The summed E-state index contributed by atoms with van der Waals surface area (Å²) in [6, 6.07) is 8.36. The van der Waals surface area contributed by atoms with Crippen molar-refractivity contribution in [2.24, 2.45) is 5.92 Å². The summed E-state index contributed by atoms with van der Waals surface area (Å²) in [5, 5.41) is 6.08. The van der Waals surface area contributed by atoms with Gasteiger partial charge in [0.15, 0.2) is 0 Å². The number of hydrogen-bond donors (Lipinski definition) is 2. The Morgan fingerprint density at radius 2 is 2.20 bits per heavy atom. The Morgan fingerprint density at radius 1 is 1.40 bits per heavy atom. The molecule has 0 saturated carbocycles.